The molecule has 1 atom stereocenters. The largest absolute Gasteiger partial charge is 0.475 e. The smallest absolute Gasteiger partial charge is 0.371 e. The van der Waals surface area contributed by atoms with Crippen LogP contribution in [0.25, 0.3) is 0 Å². The number of aromatic carboxylic acids is 1. The van der Waals surface area contributed by atoms with Gasteiger partial charge in [0.05, 0.1) is 0 Å². The SMILES string of the molecule is Cc1oc(C(=O)O)cc1S(=O)(=O)N[C@@H](C)C1CCCCC1. The zero-order valence-electron chi connectivity index (χ0n) is 12.3. The molecule has 0 radical (unpaired) electrons. The maximum absolute atomic E-state index is 12.4. The van der Waals surface area contributed by atoms with Crippen molar-refractivity contribution >= 4 is 16.0 Å². The molecule has 21 heavy (non-hydrogen) atoms. The van der Waals surface area contributed by atoms with Gasteiger partial charge < -0.3 is 9.52 Å². The van der Waals surface area contributed by atoms with Crippen LogP contribution < -0.4 is 4.72 Å². The number of rotatable bonds is 5. The van der Waals surface area contributed by atoms with Crippen molar-refractivity contribution in [1.29, 1.82) is 0 Å². The average molecular weight is 315 g/mol. The highest BCUT2D eigenvalue weighted by Crippen LogP contribution is 2.28. The second-order valence-electron chi connectivity index (χ2n) is 5.64. The van der Waals surface area contributed by atoms with Gasteiger partial charge in [0.1, 0.15) is 10.7 Å². The van der Waals surface area contributed by atoms with Crippen LogP contribution in [0.15, 0.2) is 15.4 Å². The summed E-state index contributed by atoms with van der Waals surface area (Å²) in [5, 5.41) is 8.87. The van der Waals surface area contributed by atoms with Crippen molar-refractivity contribution in [3.05, 3.63) is 17.6 Å². The lowest BCUT2D eigenvalue weighted by Gasteiger charge is -2.27. The van der Waals surface area contributed by atoms with E-state index < -0.39 is 16.0 Å². The molecule has 6 nitrogen and oxygen atoms in total. The fourth-order valence-electron chi connectivity index (χ4n) is 2.88. The van der Waals surface area contributed by atoms with E-state index in [2.05, 4.69) is 4.72 Å². The molecule has 2 rings (SSSR count). The number of sulfonamides is 1. The van der Waals surface area contributed by atoms with E-state index >= 15 is 0 Å². The Hall–Kier alpha value is -1.34. The molecule has 0 aromatic carbocycles. The van der Waals surface area contributed by atoms with Crippen LogP contribution in [0, 0.1) is 12.8 Å². The molecule has 7 heteroatoms. The average Bonchev–Trinajstić information content (AvgIpc) is 2.82. The first-order chi connectivity index (χ1) is 9.81. The number of hydrogen-bond donors (Lipinski definition) is 2. The molecule has 1 aromatic heterocycles. The third-order valence-corrected chi connectivity index (χ3v) is 5.74. The molecule has 0 aliphatic heterocycles. The van der Waals surface area contributed by atoms with Crippen molar-refractivity contribution in [3.8, 4) is 0 Å². The van der Waals surface area contributed by atoms with Crippen LogP contribution in [-0.4, -0.2) is 25.5 Å². The third-order valence-electron chi connectivity index (χ3n) is 4.07. The van der Waals surface area contributed by atoms with Gasteiger partial charge in [-0.1, -0.05) is 19.3 Å². The number of nitrogens with one attached hydrogen (secondary N) is 1. The quantitative estimate of drug-likeness (QED) is 0.870. The van der Waals surface area contributed by atoms with Crippen molar-refractivity contribution in [2.24, 2.45) is 5.92 Å². The summed E-state index contributed by atoms with van der Waals surface area (Å²) in [7, 11) is -3.76. The first-order valence-electron chi connectivity index (χ1n) is 7.17. The van der Waals surface area contributed by atoms with E-state index in [9.17, 15) is 13.2 Å². The molecule has 0 bridgehead atoms. The van der Waals surface area contributed by atoms with Gasteiger partial charge in [-0.15, -0.1) is 0 Å². The Morgan fingerprint density at radius 2 is 2.00 bits per heavy atom. The van der Waals surface area contributed by atoms with E-state index in [1.165, 1.54) is 13.3 Å². The van der Waals surface area contributed by atoms with Crippen LogP contribution in [0.3, 0.4) is 0 Å². The number of carbonyl (C=O) groups is 1. The van der Waals surface area contributed by atoms with E-state index in [4.69, 9.17) is 9.52 Å². The maximum atomic E-state index is 12.4. The lowest BCUT2D eigenvalue weighted by molar-refractivity contribution is 0.0661. The molecule has 1 heterocycles. The summed E-state index contributed by atoms with van der Waals surface area (Å²) in [5.41, 5.74) is 0. The summed E-state index contributed by atoms with van der Waals surface area (Å²) < 4.78 is 32.4. The molecule has 1 fully saturated rings. The van der Waals surface area contributed by atoms with Crippen molar-refractivity contribution in [2.75, 3.05) is 0 Å². The van der Waals surface area contributed by atoms with Crippen molar-refractivity contribution in [1.82, 2.24) is 4.72 Å². The van der Waals surface area contributed by atoms with Gasteiger partial charge in [0.15, 0.2) is 0 Å². The zero-order chi connectivity index (χ0) is 15.6. The second-order valence-corrected chi connectivity index (χ2v) is 7.33. The molecule has 0 spiro atoms. The zero-order valence-corrected chi connectivity index (χ0v) is 13.1. The van der Waals surface area contributed by atoms with Gasteiger partial charge in [-0.05, 0) is 32.6 Å². The Bertz CT molecular complexity index is 613. The topological polar surface area (TPSA) is 96.6 Å². The highest BCUT2D eigenvalue weighted by Gasteiger charge is 2.28. The van der Waals surface area contributed by atoms with Crippen molar-refractivity contribution < 1.29 is 22.7 Å². The summed E-state index contributed by atoms with van der Waals surface area (Å²) in [5.74, 6) is -1.21. The summed E-state index contributed by atoms with van der Waals surface area (Å²) in [6.07, 6.45) is 5.51. The highest BCUT2D eigenvalue weighted by atomic mass is 32.2. The molecule has 1 saturated carbocycles. The lowest BCUT2D eigenvalue weighted by Crippen LogP contribution is -2.38. The Kier molecular flexibility index (Phi) is 4.73. The van der Waals surface area contributed by atoms with E-state index in [0.29, 0.717) is 5.92 Å². The van der Waals surface area contributed by atoms with E-state index in [1.807, 2.05) is 6.92 Å². The van der Waals surface area contributed by atoms with Crippen LogP contribution in [-0.2, 0) is 10.0 Å². The van der Waals surface area contributed by atoms with Gasteiger partial charge in [0, 0.05) is 12.1 Å². The van der Waals surface area contributed by atoms with Crippen molar-refractivity contribution in [2.45, 2.75) is 56.9 Å². The Morgan fingerprint density at radius 1 is 1.38 bits per heavy atom. The monoisotopic (exact) mass is 315 g/mol. The number of aryl methyl sites for hydroxylation is 1. The summed E-state index contributed by atoms with van der Waals surface area (Å²) in [6, 6.07) is 0.894. The Labute approximate surface area is 124 Å². The van der Waals surface area contributed by atoms with Crippen LogP contribution in [0.2, 0.25) is 0 Å². The molecule has 0 unspecified atom stereocenters. The highest BCUT2D eigenvalue weighted by molar-refractivity contribution is 7.89. The predicted molar refractivity (Wildman–Crippen MR) is 76.8 cm³/mol. The Balaban J connectivity index is 2.16. The lowest BCUT2D eigenvalue weighted by atomic mass is 9.85. The normalized spacial score (nSPS) is 18.6. The first-order valence-corrected chi connectivity index (χ1v) is 8.65. The van der Waals surface area contributed by atoms with E-state index in [0.717, 1.165) is 31.7 Å². The minimum atomic E-state index is -3.76. The molecule has 1 aliphatic carbocycles. The van der Waals surface area contributed by atoms with Crippen LogP contribution >= 0.6 is 0 Å². The number of furan rings is 1. The summed E-state index contributed by atoms with van der Waals surface area (Å²) in [4.78, 5) is 10.8. The van der Waals surface area contributed by atoms with Gasteiger partial charge in [0.2, 0.25) is 15.8 Å². The molecule has 2 N–H and O–H groups in total. The fourth-order valence-corrected chi connectivity index (χ4v) is 4.37. The molecular weight excluding hydrogens is 294 g/mol. The summed E-state index contributed by atoms with van der Waals surface area (Å²) >= 11 is 0. The minimum Gasteiger partial charge on any atom is -0.475 e. The van der Waals surface area contributed by atoms with Crippen LogP contribution in [0.1, 0.15) is 55.3 Å². The van der Waals surface area contributed by atoms with Gasteiger partial charge in [0.25, 0.3) is 0 Å². The molecule has 0 saturated heterocycles. The van der Waals surface area contributed by atoms with Crippen molar-refractivity contribution in [3.63, 3.8) is 0 Å². The second kappa shape index (κ2) is 6.19. The molecule has 1 aromatic rings. The van der Waals surface area contributed by atoms with Crippen LogP contribution in [0.4, 0.5) is 0 Å². The van der Waals surface area contributed by atoms with Gasteiger partial charge >= 0.3 is 5.97 Å². The van der Waals surface area contributed by atoms with Crippen LogP contribution in [0.5, 0.6) is 0 Å². The van der Waals surface area contributed by atoms with Gasteiger partial charge in [-0.2, -0.15) is 0 Å². The minimum absolute atomic E-state index is 0.0933. The van der Waals surface area contributed by atoms with Gasteiger partial charge in [-0.3, -0.25) is 0 Å². The molecule has 1 aliphatic rings. The number of carboxylic acids is 1. The fraction of sp³-hybridized carbons (Fsp3) is 0.643. The first kappa shape index (κ1) is 16.0. The number of carboxylic acid groups (broad SMARTS) is 1. The molecular formula is C14H21NO5S. The third kappa shape index (κ3) is 3.65. The predicted octanol–water partition coefficient (Wildman–Crippen LogP) is 2.53. The van der Waals surface area contributed by atoms with E-state index in [-0.39, 0.29) is 22.5 Å². The molecule has 0 amide bonds. The standard InChI is InChI=1S/C14H21NO5S/c1-9(11-6-4-3-5-7-11)15-21(18,19)13-8-12(14(16)17)20-10(13)2/h8-9,11,15H,3-7H2,1-2H3,(H,16,17)/t9-/m0/s1. The van der Waals surface area contributed by atoms with E-state index in [1.54, 1.807) is 0 Å². The number of hydrogen-bond acceptors (Lipinski definition) is 4. The van der Waals surface area contributed by atoms with Gasteiger partial charge in [-0.25, -0.2) is 17.9 Å². The summed E-state index contributed by atoms with van der Waals surface area (Å²) in [6.45, 7) is 3.31. The molecule has 118 valence electrons. The Morgan fingerprint density at radius 3 is 2.52 bits per heavy atom. The maximum Gasteiger partial charge on any atom is 0.371 e.